The van der Waals surface area contributed by atoms with Gasteiger partial charge in [0.15, 0.2) is 5.76 Å². The minimum atomic E-state index is -0.497. The first-order chi connectivity index (χ1) is 14.0. The molecular weight excluding hydrogens is 366 g/mol. The first-order valence-corrected chi connectivity index (χ1v) is 9.14. The van der Waals surface area contributed by atoms with Gasteiger partial charge in [0.05, 0.1) is 5.56 Å². The van der Waals surface area contributed by atoms with E-state index in [9.17, 15) is 9.59 Å². The van der Waals surface area contributed by atoms with Gasteiger partial charge in [-0.2, -0.15) is 0 Å². The largest absolute Gasteiger partial charge is 0.452 e. The zero-order valence-electron chi connectivity index (χ0n) is 16.1. The van der Waals surface area contributed by atoms with Crippen LogP contribution in [0, 0.1) is 0 Å². The predicted molar refractivity (Wildman–Crippen MR) is 111 cm³/mol. The summed E-state index contributed by atoms with van der Waals surface area (Å²) in [5.41, 5.74) is 3.54. The molecule has 1 aliphatic heterocycles. The Balaban J connectivity index is 1.54. The maximum absolute atomic E-state index is 12.6. The number of ether oxygens (including phenoxy) is 2. The van der Waals surface area contributed by atoms with E-state index in [1.807, 2.05) is 42.5 Å². The highest BCUT2D eigenvalue weighted by Crippen LogP contribution is 2.35. The fourth-order valence-electron chi connectivity index (χ4n) is 2.98. The van der Waals surface area contributed by atoms with Gasteiger partial charge >= 0.3 is 6.09 Å². The van der Waals surface area contributed by atoms with Crippen molar-refractivity contribution < 1.29 is 19.1 Å². The van der Waals surface area contributed by atoms with Crippen molar-refractivity contribution in [3.8, 4) is 22.6 Å². The Labute approximate surface area is 168 Å². The second kappa shape index (κ2) is 7.64. The minimum absolute atomic E-state index is 0.197. The number of fused-ring (bicyclic) bond motifs is 1. The molecule has 5 heteroatoms. The van der Waals surface area contributed by atoms with E-state index in [2.05, 4.69) is 12.1 Å². The summed E-state index contributed by atoms with van der Waals surface area (Å²) in [6, 6.07) is 22.7. The third-order valence-corrected chi connectivity index (χ3v) is 4.53. The lowest BCUT2D eigenvalue weighted by Gasteiger charge is -2.10. The predicted octanol–water partition coefficient (Wildman–Crippen LogP) is 5.03. The molecule has 0 saturated heterocycles. The molecule has 0 atom stereocenters. The van der Waals surface area contributed by atoms with Crippen LogP contribution in [-0.2, 0) is 0 Å². The molecular formula is C24H19NO4. The first-order valence-electron chi connectivity index (χ1n) is 9.14. The van der Waals surface area contributed by atoms with Gasteiger partial charge in [0.1, 0.15) is 11.5 Å². The first kappa shape index (κ1) is 18.5. The number of hydrogen-bond acceptors (Lipinski definition) is 4. The maximum Gasteiger partial charge on any atom is 0.414 e. The SMILES string of the molecule is CN(C)C(=O)Oc1ccc2c(c1)OC(=Cc1ccc(-c3ccccc3)cc1)C2=O. The van der Waals surface area contributed by atoms with Crippen LogP contribution in [-0.4, -0.2) is 30.9 Å². The van der Waals surface area contributed by atoms with Crippen LogP contribution in [0.1, 0.15) is 15.9 Å². The maximum atomic E-state index is 12.6. The highest BCUT2D eigenvalue weighted by atomic mass is 16.6. The van der Waals surface area contributed by atoms with Crippen LogP contribution in [0.15, 0.2) is 78.6 Å². The molecule has 144 valence electrons. The fraction of sp³-hybridized carbons (Fsp3) is 0.0833. The van der Waals surface area contributed by atoms with Gasteiger partial charge in [-0.25, -0.2) is 4.79 Å². The summed E-state index contributed by atoms with van der Waals surface area (Å²) in [5, 5.41) is 0. The monoisotopic (exact) mass is 385 g/mol. The second-order valence-electron chi connectivity index (χ2n) is 6.85. The Bertz CT molecular complexity index is 1100. The smallest absolute Gasteiger partial charge is 0.414 e. The van der Waals surface area contributed by atoms with Gasteiger partial charge in [-0.05, 0) is 34.9 Å². The molecule has 0 radical (unpaired) electrons. The summed E-state index contributed by atoms with van der Waals surface area (Å²) in [4.78, 5) is 25.6. The van der Waals surface area contributed by atoms with E-state index >= 15 is 0 Å². The summed E-state index contributed by atoms with van der Waals surface area (Å²) < 4.78 is 10.9. The lowest BCUT2D eigenvalue weighted by molar-refractivity contribution is 0.101. The highest BCUT2D eigenvalue weighted by molar-refractivity contribution is 6.14. The lowest BCUT2D eigenvalue weighted by Crippen LogP contribution is -2.25. The second-order valence-corrected chi connectivity index (χ2v) is 6.85. The summed E-state index contributed by atoms with van der Waals surface area (Å²) in [6.45, 7) is 0. The topological polar surface area (TPSA) is 55.8 Å². The molecule has 1 heterocycles. The van der Waals surface area contributed by atoms with Crippen LogP contribution in [0.5, 0.6) is 11.5 Å². The molecule has 5 nitrogen and oxygen atoms in total. The number of allylic oxidation sites excluding steroid dienone is 1. The lowest BCUT2D eigenvalue weighted by atomic mass is 10.0. The summed E-state index contributed by atoms with van der Waals surface area (Å²) in [7, 11) is 3.19. The van der Waals surface area contributed by atoms with Gasteiger partial charge in [0.25, 0.3) is 0 Å². The molecule has 1 aliphatic rings. The molecule has 0 unspecified atom stereocenters. The van der Waals surface area contributed by atoms with E-state index in [4.69, 9.17) is 9.47 Å². The molecule has 0 aromatic heterocycles. The molecule has 0 N–H and O–H groups in total. The van der Waals surface area contributed by atoms with Crippen molar-refractivity contribution in [2.45, 2.75) is 0 Å². The van der Waals surface area contributed by atoms with E-state index in [-0.39, 0.29) is 11.5 Å². The van der Waals surface area contributed by atoms with Crippen LogP contribution >= 0.6 is 0 Å². The number of hydrogen-bond donors (Lipinski definition) is 0. The van der Waals surface area contributed by atoms with Gasteiger partial charge in [0, 0.05) is 20.2 Å². The van der Waals surface area contributed by atoms with Crippen molar-refractivity contribution in [2.75, 3.05) is 14.1 Å². The van der Waals surface area contributed by atoms with E-state index in [1.165, 1.54) is 4.90 Å². The third-order valence-electron chi connectivity index (χ3n) is 4.53. The Kier molecular flexibility index (Phi) is 4.87. The number of ketones is 1. The Hall–Kier alpha value is -3.86. The van der Waals surface area contributed by atoms with Gasteiger partial charge < -0.3 is 14.4 Å². The van der Waals surface area contributed by atoms with E-state index in [0.29, 0.717) is 17.1 Å². The van der Waals surface area contributed by atoms with Gasteiger partial charge in [-0.3, -0.25) is 4.79 Å². The highest BCUT2D eigenvalue weighted by Gasteiger charge is 2.28. The summed E-state index contributed by atoms with van der Waals surface area (Å²) in [5.74, 6) is 0.746. The van der Waals surface area contributed by atoms with Crippen LogP contribution < -0.4 is 9.47 Å². The average molecular weight is 385 g/mol. The quantitative estimate of drug-likeness (QED) is 0.594. The Morgan fingerprint density at radius 3 is 2.31 bits per heavy atom. The van der Waals surface area contributed by atoms with E-state index < -0.39 is 6.09 Å². The number of nitrogens with zero attached hydrogens (tertiary/aromatic N) is 1. The summed E-state index contributed by atoms with van der Waals surface area (Å²) in [6.07, 6.45) is 1.21. The average Bonchev–Trinajstić information content (AvgIpc) is 3.04. The number of amides is 1. The fourth-order valence-corrected chi connectivity index (χ4v) is 2.98. The van der Waals surface area contributed by atoms with Crippen molar-refractivity contribution in [1.29, 1.82) is 0 Å². The number of carbonyl (C=O) groups excluding carboxylic acids is 2. The van der Waals surface area contributed by atoms with Gasteiger partial charge in [0.2, 0.25) is 5.78 Å². The molecule has 0 fully saturated rings. The molecule has 0 aliphatic carbocycles. The van der Waals surface area contributed by atoms with Gasteiger partial charge in [-0.1, -0.05) is 54.6 Å². The summed E-state index contributed by atoms with van der Waals surface area (Å²) >= 11 is 0. The molecule has 4 rings (SSSR count). The zero-order chi connectivity index (χ0) is 20.4. The van der Waals surface area contributed by atoms with Crippen LogP contribution in [0.25, 0.3) is 17.2 Å². The van der Waals surface area contributed by atoms with Crippen LogP contribution in [0.4, 0.5) is 4.79 Å². The number of carbonyl (C=O) groups is 2. The molecule has 0 saturated carbocycles. The van der Waals surface area contributed by atoms with Crippen LogP contribution in [0.3, 0.4) is 0 Å². The molecule has 29 heavy (non-hydrogen) atoms. The normalized spacial score (nSPS) is 13.7. The van der Waals surface area contributed by atoms with E-state index in [1.54, 1.807) is 38.4 Å². The van der Waals surface area contributed by atoms with Gasteiger partial charge in [-0.15, -0.1) is 0 Å². The molecule has 3 aromatic rings. The van der Waals surface area contributed by atoms with Crippen molar-refractivity contribution >= 4 is 18.0 Å². The molecule has 0 spiro atoms. The van der Waals surface area contributed by atoms with Crippen LogP contribution in [0.2, 0.25) is 0 Å². The molecule has 3 aromatic carbocycles. The standard InChI is InChI=1S/C24H19NO4/c1-25(2)24(27)28-19-12-13-20-21(15-19)29-22(23(20)26)14-16-8-10-18(11-9-16)17-6-4-3-5-7-17/h3-15H,1-2H3. The van der Waals surface area contributed by atoms with Crippen molar-refractivity contribution in [3.63, 3.8) is 0 Å². The Morgan fingerprint density at radius 1 is 0.931 bits per heavy atom. The number of Topliss-reactive ketones (excluding diaryl/α,β-unsaturated/α-hetero) is 1. The Morgan fingerprint density at radius 2 is 1.62 bits per heavy atom. The van der Waals surface area contributed by atoms with E-state index in [0.717, 1.165) is 16.7 Å². The zero-order valence-corrected chi connectivity index (χ0v) is 16.1. The number of rotatable bonds is 3. The van der Waals surface area contributed by atoms with Crippen molar-refractivity contribution in [3.05, 3.63) is 89.7 Å². The molecule has 1 amide bonds. The van der Waals surface area contributed by atoms with Crippen molar-refractivity contribution in [2.24, 2.45) is 0 Å². The third kappa shape index (κ3) is 3.89. The molecule has 0 bridgehead atoms. The minimum Gasteiger partial charge on any atom is -0.452 e. The number of benzene rings is 3. The van der Waals surface area contributed by atoms with Crippen molar-refractivity contribution in [1.82, 2.24) is 4.90 Å².